The Bertz CT molecular complexity index is 1430. The molecular formula is C21H24N8O6PS-. The highest BCUT2D eigenvalue weighted by atomic mass is 32.7. The standard InChI is InChI=1S/C21H25N8O6PS/c22-18-15-20(26-8-25-18)29(9-27-15)21-17(31)16(30)14(35-21)7-34-36(33,37)28-13(19(23)32)5-10-6-24-12-4-2-1-3-11(10)12/h1-4,6,8-9,13-14,16-17,21,24,30-31H,5,7H2,(H2,23,32)(H2,22,25,26)(H2,28,33,37)/p-1/t13-,14+,16+,17+,21+,36?/m0/s1. The van der Waals surface area contributed by atoms with Gasteiger partial charge in [-0.25, -0.2) is 24.4 Å². The highest BCUT2D eigenvalue weighted by molar-refractivity contribution is 8.36. The number of ether oxygens (including phenoxy) is 1. The van der Waals surface area contributed by atoms with Crippen LogP contribution >= 0.6 is 7.07 Å². The number of nitrogens with one attached hydrogen (secondary N) is 3. The molecule has 4 heterocycles. The van der Waals surface area contributed by atoms with Crippen molar-refractivity contribution in [3.63, 3.8) is 0 Å². The van der Waals surface area contributed by atoms with Gasteiger partial charge in [0.25, 0.3) is 0 Å². The van der Waals surface area contributed by atoms with Gasteiger partial charge in [-0.15, -0.1) is 0 Å². The minimum Gasteiger partial charge on any atom is -0.861 e. The summed E-state index contributed by atoms with van der Waals surface area (Å²) in [5, 5.41) is 44.2. The van der Waals surface area contributed by atoms with Crippen molar-refractivity contribution >= 4 is 53.1 Å². The van der Waals surface area contributed by atoms with Gasteiger partial charge < -0.3 is 48.4 Å². The number of nitrogens with zero attached hydrogens (tertiary/aromatic N) is 4. The van der Waals surface area contributed by atoms with E-state index in [1.54, 1.807) is 6.20 Å². The number of anilines is 1. The Morgan fingerprint density at radius 3 is 2.89 bits per heavy atom. The molecule has 0 aliphatic carbocycles. The lowest BCUT2D eigenvalue weighted by Gasteiger charge is -2.31. The Balaban J connectivity index is 1.25. The number of imidazole rings is 1. The summed E-state index contributed by atoms with van der Waals surface area (Å²) in [7, 11) is -3.80. The first-order chi connectivity index (χ1) is 17.6. The fourth-order valence-corrected chi connectivity index (χ4v) is 5.87. The number of H-pyrrole nitrogens is 1. The summed E-state index contributed by atoms with van der Waals surface area (Å²) in [5.41, 5.74) is 8.04. The van der Waals surface area contributed by atoms with Crippen LogP contribution in [0.15, 0.2) is 43.1 Å². The van der Waals surface area contributed by atoms with Gasteiger partial charge >= 0.3 is 0 Å². The quantitative estimate of drug-likeness (QED) is 0.0597. The summed E-state index contributed by atoms with van der Waals surface area (Å²) in [4.78, 5) is 25.9. The van der Waals surface area contributed by atoms with Crippen LogP contribution in [-0.2, 0) is 27.9 Å². The molecule has 1 aromatic carbocycles. The molecule has 6 atom stereocenters. The molecule has 16 heteroatoms. The number of hydrogen-bond donors (Lipinski definition) is 7. The van der Waals surface area contributed by atoms with Crippen LogP contribution in [0, 0.1) is 5.41 Å². The maximum Gasteiger partial charge on any atom is 0.225 e. The predicted molar refractivity (Wildman–Crippen MR) is 135 cm³/mol. The van der Waals surface area contributed by atoms with Gasteiger partial charge in [0.15, 0.2) is 17.7 Å². The molecule has 0 radical (unpaired) electrons. The maximum atomic E-state index is 12.0. The van der Waals surface area contributed by atoms with E-state index in [0.29, 0.717) is 11.2 Å². The number of aromatic nitrogens is 5. The zero-order valence-electron chi connectivity index (χ0n) is 19.1. The number of rotatable bonds is 9. The van der Waals surface area contributed by atoms with Crippen molar-refractivity contribution in [1.29, 1.82) is 5.41 Å². The number of nitrogen functional groups attached to an aromatic ring is 1. The van der Waals surface area contributed by atoms with E-state index in [1.165, 1.54) is 17.2 Å². The molecule has 8 N–H and O–H groups in total. The second-order valence-electron chi connectivity index (χ2n) is 8.55. The van der Waals surface area contributed by atoms with Crippen molar-refractivity contribution in [2.45, 2.75) is 37.0 Å². The van der Waals surface area contributed by atoms with Crippen molar-refractivity contribution in [2.24, 2.45) is 0 Å². The maximum absolute atomic E-state index is 12.0. The van der Waals surface area contributed by atoms with E-state index in [-0.39, 0.29) is 12.2 Å². The third-order valence-corrected chi connectivity index (χ3v) is 7.92. The van der Waals surface area contributed by atoms with Crippen LogP contribution in [0.2, 0.25) is 0 Å². The molecule has 37 heavy (non-hydrogen) atoms. The summed E-state index contributed by atoms with van der Waals surface area (Å²) in [6.07, 6.45) is -0.506. The van der Waals surface area contributed by atoms with Crippen LogP contribution in [0.5, 0.6) is 0 Å². The van der Waals surface area contributed by atoms with E-state index in [2.05, 4.69) is 25.0 Å². The first-order valence-corrected chi connectivity index (χ1v) is 13.8. The molecule has 1 unspecified atom stereocenters. The second-order valence-corrected chi connectivity index (χ2v) is 11.6. The largest absolute Gasteiger partial charge is 0.861 e. The van der Waals surface area contributed by atoms with Crippen molar-refractivity contribution in [1.82, 2.24) is 29.6 Å². The normalized spacial score (nSPS) is 24.4. The Morgan fingerprint density at radius 2 is 2.11 bits per heavy atom. The zero-order chi connectivity index (χ0) is 26.3. The fourth-order valence-electron chi connectivity index (χ4n) is 4.28. The number of fused-ring (bicyclic) bond motifs is 2. The van der Waals surface area contributed by atoms with Gasteiger partial charge in [0.05, 0.1) is 12.4 Å². The Morgan fingerprint density at radius 1 is 1.32 bits per heavy atom. The summed E-state index contributed by atoms with van der Waals surface area (Å²) in [6, 6.07) is 6.35. The van der Waals surface area contributed by atoms with E-state index < -0.39 is 50.2 Å². The van der Waals surface area contributed by atoms with E-state index in [4.69, 9.17) is 32.7 Å². The lowest BCUT2D eigenvalue weighted by molar-refractivity contribution is -0.222. The van der Waals surface area contributed by atoms with Crippen molar-refractivity contribution in [3.05, 3.63) is 48.7 Å². The fraction of sp³-hybridized carbons (Fsp3) is 0.333. The molecular weight excluding hydrogens is 523 g/mol. The lowest BCUT2D eigenvalue weighted by Crippen LogP contribution is -2.44. The molecule has 1 aliphatic rings. The monoisotopic (exact) mass is 547 g/mol. The SMILES string of the molecule is N=C([O-])[C@H](Cc1c[nH]c2ccccc12)N[P+](O)([S-])OC[C@H]1O[C@@H](n2cnc3c(N)ncnc32)[C@H](O)[C@@H]1O. The van der Waals surface area contributed by atoms with E-state index >= 15 is 0 Å². The molecule has 0 spiro atoms. The molecule has 5 rings (SSSR count). The third kappa shape index (κ3) is 5.12. The Hall–Kier alpha value is -2.88. The van der Waals surface area contributed by atoms with Crippen LogP contribution in [-0.4, -0.2) is 76.5 Å². The van der Waals surface area contributed by atoms with E-state index in [1.807, 2.05) is 24.3 Å². The molecule has 0 bridgehead atoms. The highest BCUT2D eigenvalue weighted by Crippen LogP contribution is 2.50. The molecule has 1 saturated heterocycles. The average Bonchev–Trinajstić information content (AvgIpc) is 3.55. The summed E-state index contributed by atoms with van der Waals surface area (Å²) in [5.74, 6) is -0.826. The lowest BCUT2D eigenvalue weighted by atomic mass is 10.1. The van der Waals surface area contributed by atoms with Crippen LogP contribution in [0.3, 0.4) is 0 Å². The van der Waals surface area contributed by atoms with Crippen molar-refractivity contribution in [3.8, 4) is 0 Å². The highest BCUT2D eigenvalue weighted by Gasteiger charge is 2.46. The number of aliphatic hydroxyl groups excluding tert-OH is 2. The van der Waals surface area contributed by atoms with Gasteiger partial charge in [-0.1, -0.05) is 18.2 Å². The molecule has 1 aliphatic heterocycles. The molecule has 0 saturated carbocycles. The molecule has 3 aromatic heterocycles. The summed E-state index contributed by atoms with van der Waals surface area (Å²) in [6.45, 7) is -0.398. The average molecular weight is 548 g/mol. The second kappa shape index (κ2) is 10.1. The van der Waals surface area contributed by atoms with E-state index in [9.17, 15) is 20.2 Å². The molecule has 14 nitrogen and oxygen atoms in total. The Labute approximate surface area is 215 Å². The minimum absolute atomic E-state index is 0.0939. The molecule has 1 fully saturated rings. The van der Waals surface area contributed by atoms with Crippen molar-refractivity contribution < 1.29 is 29.5 Å². The van der Waals surface area contributed by atoms with Crippen LogP contribution in [0.25, 0.3) is 22.1 Å². The van der Waals surface area contributed by atoms with E-state index in [0.717, 1.165) is 16.5 Å². The van der Waals surface area contributed by atoms with Gasteiger partial charge in [0.2, 0.25) is 7.07 Å². The first-order valence-electron chi connectivity index (χ1n) is 11.1. The predicted octanol–water partition coefficient (Wildman–Crippen LogP) is -0.719. The van der Waals surface area contributed by atoms with Gasteiger partial charge in [0, 0.05) is 17.1 Å². The van der Waals surface area contributed by atoms with Crippen LogP contribution < -0.4 is 15.9 Å². The van der Waals surface area contributed by atoms with Gasteiger partial charge in [-0.05, 0) is 23.9 Å². The molecule has 0 amide bonds. The summed E-state index contributed by atoms with van der Waals surface area (Å²) >= 11 is 5.16. The summed E-state index contributed by atoms with van der Waals surface area (Å²) < 4.78 is 12.6. The van der Waals surface area contributed by atoms with Crippen LogP contribution in [0.4, 0.5) is 5.82 Å². The number of benzene rings is 1. The first kappa shape index (κ1) is 25.8. The number of nitrogens with two attached hydrogens (primary N) is 1. The van der Waals surface area contributed by atoms with Gasteiger partial charge in [0.1, 0.15) is 36.8 Å². The number of hydrogen-bond acceptors (Lipinski definition) is 13. The topological polar surface area (TPSA) is 224 Å². The smallest absolute Gasteiger partial charge is 0.225 e. The zero-order valence-corrected chi connectivity index (χ0v) is 20.8. The third-order valence-electron chi connectivity index (χ3n) is 6.15. The van der Waals surface area contributed by atoms with Gasteiger partial charge in [-0.2, -0.15) is 5.09 Å². The van der Waals surface area contributed by atoms with Crippen molar-refractivity contribution in [2.75, 3.05) is 12.3 Å². The van der Waals surface area contributed by atoms with Gasteiger partial charge in [-0.3, -0.25) is 4.57 Å². The minimum atomic E-state index is -3.80. The molecule has 4 aromatic rings. The molecule has 196 valence electrons. The Kier molecular flexibility index (Phi) is 7.04. The number of para-hydroxylation sites is 1. The number of aliphatic hydroxyl groups is 2. The number of aromatic amines is 1. The van der Waals surface area contributed by atoms with Crippen LogP contribution in [0.1, 0.15) is 11.8 Å².